The molecule has 126 valence electrons. The molecule has 0 aliphatic heterocycles. The first kappa shape index (κ1) is 19.0. The third-order valence-electron chi connectivity index (χ3n) is 5.02. The van der Waals surface area contributed by atoms with Gasteiger partial charge in [-0.25, -0.2) is 8.42 Å². The fourth-order valence-corrected chi connectivity index (χ4v) is 4.61. The summed E-state index contributed by atoms with van der Waals surface area (Å²) in [5.41, 5.74) is 0. The zero-order valence-electron chi connectivity index (χ0n) is 14.2. The summed E-state index contributed by atoms with van der Waals surface area (Å²) >= 11 is 0. The lowest BCUT2D eigenvalue weighted by atomic mass is 9.71. The fraction of sp³-hybridized carbons (Fsp3) is 1.00. The Hall–Kier alpha value is -0.0900. The maximum absolute atomic E-state index is 11.8. The predicted octanol–water partition coefficient (Wildman–Crippen LogP) is 3.64. The molecule has 1 N–H and O–H groups in total. The lowest BCUT2D eigenvalue weighted by molar-refractivity contribution is 0.164. The van der Waals surface area contributed by atoms with Gasteiger partial charge in [0.2, 0.25) is 0 Å². The molecule has 1 rings (SSSR count). The third-order valence-corrected chi connectivity index (χ3v) is 6.76. The third kappa shape index (κ3) is 7.14. The van der Waals surface area contributed by atoms with Gasteiger partial charge in [-0.1, -0.05) is 40.0 Å². The van der Waals surface area contributed by atoms with Crippen LogP contribution in [-0.4, -0.2) is 33.0 Å². The molecule has 1 saturated carbocycles. The van der Waals surface area contributed by atoms with Crippen LogP contribution in [0.2, 0.25) is 0 Å². The summed E-state index contributed by atoms with van der Waals surface area (Å²) in [5.74, 6) is 2.78. The van der Waals surface area contributed by atoms with Crippen LogP contribution in [0, 0.1) is 17.8 Å². The Balaban J connectivity index is 2.55. The molecule has 0 heterocycles. The van der Waals surface area contributed by atoms with Crippen LogP contribution in [0.5, 0.6) is 0 Å². The first-order valence-corrected chi connectivity index (χ1v) is 10.8. The molecule has 1 fully saturated rings. The molecular weight excluding hydrogens is 282 g/mol. The molecule has 0 bridgehead atoms. The average Bonchev–Trinajstić information content (AvgIpc) is 2.47. The number of hydrogen-bond acceptors (Lipinski definition) is 3. The normalized spacial score (nSPS) is 26.9. The zero-order chi connectivity index (χ0) is 15.7. The van der Waals surface area contributed by atoms with E-state index < -0.39 is 9.84 Å². The monoisotopic (exact) mass is 317 g/mol. The second kappa shape index (κ2) is 9.83. The van der Waals surface area contributed by atoms with Crippen LogP contribution in [0.25, 0.3) is 0 Å². The maximum atomic E-state index is 11.8. The van der Waals surface area contributed by atoms with Crippen LogP contribution < -0.4 is 5.32 Å². The summed E-state index contributed by atoms with van der Waals surface area (Å²) in [6, 6.07) is 0. The van der Waals surface area contributed by atoms with Gasteiger partial charge in [0, 0.05) is 5.75 Å². The van der Waals surface area contributed by atoms with Crippen LogP contribution in [0.4, 0.5) is 0 Å². The molecule has 1 aliphatic carbocycles. The Labute approximate surface area is 132 Å². The van der Waals surface area contributed by atoms with E-state index in [9.17, 15) is 8.42 Å². The Morgan fingerprint density at radius 3 is 2.38 bits per heavy atom. The van der Waals surface area contributed by atoms with Gasteiger partial charge in [0.15, 0.2) is 0 Å². The predicted molar refractivity (Wildman–Crippen MR) is 91.3 cm³/mol. The summed E-state index contributed by atoms with van der Waals surface area (Å²) in [7, 11) is -2.82. The maximum Gasteiger partial charge on any atom is 0.150 e. The van der Waals surface area contributed by atoms with Gasteiger partial charge in [-0.15, -0.1) is 0 Å². The minimum absolute atomic E-state index is 0.289. The molecule has 4 heteroatoms. The Morgan fingerprint density at radius 1 is 1.00 bits per heavy atom. The van der Waals surface area contributed by atoms with Crippen LogP contribution in [-0.2, 0) is 9.84 Å². The Bertz CT molecular complexity index is 367. The van der Waals surface area contributed by atoms with E-state index in [2.05, 4.69) is 19.2 Å². The SMILES string of the molecule is CCCNCC1CCC(CCC)CC1CCS(=O)(=O)CC. The van der Waals surface area contributed by atoms with E-state index >= 15 is 0 Å². The van der Waals surface area contributed by atoms with Crippen LogP contribution >= 0.6 is 0 Å². The van der Waals surface area contributed by atoms with E-state index in [0.29, 0.717) is 17.6 Å². The zero-order valence-corrected chi connectivity index (χ0v) is 15.1. The molecule has 0 aromatic rings. The van der Waals surface area contributed by atoms with Gasteiger partial charge in [-0.3, -0.25) is 0 Å². The van der Waals surface area contributed by atoms with Gasteiger partial charge in [-0.05, 0) is 56.5 Å². The van der Waals surface area contributed by atoms with Crippen molar-refractivity contribution in [3.05, 3.63) is 0 Å². The summed E-state index contributed by atoms with van der Waals surface area (Å²) in [5, 5.41) is 3.54. The lowest BCUT2D eigenvalue weighted by Gasteiger charge is -2.36. The van der Waals surface area contributed by atoms with Crippen molar-refractivity contribution in [2.24, 2.45) is 17.8 Å². The smallest absolute Gasteiger partial charge is 0.150 e. The quantitative estimate of drug-likeness (QED) is 0.626. The first-order valence-electron chi connectivity index (χ1n) is 8.93. The van der Waals surface area contributed by atoms with Crippen molar-refractivity contribution in [3.63, 3.8) is 0 Å². The van der Waals surface area contributed by atoms with E-state index in [0.717, 1.165) is 25.4 Å². The van der Waals surface area contributed by atoms with Gasteiger partial charge >= 0.3 is 0 Å². The number of nitrogens with one attached hydrogen (secondary N) is 1. The van der Waals surface area contributed by atoms with Crippen LogP contribution in [0.3, 0.4) is 0 Å². The van der Waals surface area contributed by atoms with E-state index in [4.69, 9.17) is 0 Å². The van der Waals surface area contributed by atoms with Crippen molar-refractivity contribution < 1.29 is 8.42 Å². The van der Waals surface area contributed by atoms with E-state index in [1.165, 1.54) is 38.5 Å². The molecule has 1 aliphatic rings. The number of sulfone groups is 1. The molecule has 0 amide bonds. The van der Waals surface area contributed by atoms with Crippen molar-refractivity contribution in [2.45, 2.75) is 65.7 Å². The van der Waals surface area contributed by atoms with Gasteiger partial charge in [-0.2, -0.15) is 0 Å². The van der Waals surface area contributed by atoms with Crippen molar-refractivity contribution >= 4 is 9.84 Å². The molecule has 3 nitrogen and oxygen atoms in total. The molecule has 21 heavy (non-hydrogen) atoms. The first-order chi connectivity index (χ1) is 10.0. The summed E-state index contributed by atoms with van der Waals surface area (Å²) in [4.78, 5) is 0. The topological polar surface area (TPSA) is 46.2 Å². The molecule has 0 spiro atoms. The van der Waals surface area contributed by atoms with E-state index in [1.54, 1.807) is 6.92 Å². The lowest BCUT2D eigenvalue weighted by Crippen LogP contribution is -2.34. The Morgan fingerprint density at radius 2 is 1.76 bits per heavy atom. The second-order valence-corrected chi connectivity index (χ2v) is 9.19. The van der Waals surface area contributed by atoms with Gasteiger partial charge < -0.3 is 5.32 Å². The van der Waals surface area contributed by atoms with E-state index in [-0.39, 0.29) is 5.75 Å². The molecule has 0 aromatic carbocycles. The van der Waals surface area contributed by atoms with Crippen LogP contribution in [0.15, 0.2) is 0 Å². The van der Waals surface area contributed by atoms with Crippen molar-refractivity contribution in [1.82, 2.24) is 5.32 Å². The Kier molecular flexibility index (Phi) is 8.88. The fourth-order valence-electron chi connectivity index (χ4n) is 3.66. The van der Waals surface area contributed by atoms with Gasteiger partial charge in [0.1, 0.15) is 9.84 Å². The highest BCUT2D eigenvalue weighted by molar-refractivity contribution is 7.91. The minimum atomic E-state index is -2.82. The molecular formula is C17H35NO2S. The number of hydrogen-bond donors (Lipinski definition) is 1. The van der Waals surface area contributed by atoms with Crippen LogP contribution in [0.1, 0.15) is 65.7 Å². The van der Waals surface area contributed by atoms with Crippen molar-refractivity contribution in [1.29, 1.82) is 0 Å². The average molecular weight is 318 g/mol. The van der Waals surface area contributed by atoms with Crippen molar-refractivity contribution in [3.8, 4) is 0 Å². The summed E-state index contributed by atoms with van der Waals surface area (Å²) in [6.45, 7) is 8.36. The summed E-state index contributed by atoms with van der Waals surface area (Å²) < 4.78 is 23.6. The molecule has 3 atom stereocenters. The highest BCUT2D eigenvalue weighted by Crippen LogP contribution is 2.37. The largest absolute Gasteiger partial charge is 0.316 e. The molecule has 0 radical (unpaired) electrons. The van der Waals surface area contributed by atoms with Crippen molar-refractivity contribution in [2.75, 3.05) is 24.6 Å². The highest BCUT2D eigenvalue weighted by atomic mass is 32.2. The second-order valence-electron chi connectivity index (χ2n) is 6.72. The van der Waals surface area contributed by atoms with Gasteiger partial charge in [0.25, 0.3) is 0 Å². The number of rotatable bonds is 10. The molecule has 3 unspecified atom stereocenters. The minimum Gasteiger partial charge on any atom is -0.316 e. The molecule has 0 aromatic heterocycles. The molecule has 0 saturated heterocycles. The highest BCUT2D eigenvalue weighted by Gasteiger charge is 2.30. The summed E-state index contributed by atoms with van der Waals surface area (Å²) in [6.07, 6.45) is 8.46. The van der Waals surface area contributed by atoms with E-state index in [1.807, 2.05) is 0 Å². The van der Waals surface area contributed by atoms with Gasteiger partial charge in [0.05, 0.1) is 5.75 Å². The standard InChI is InChI=1S/C17H35NO2S/c1-4-7-15-8-9-17(14-18-11-5-2)16(13-15)10-12-21(19,20)6-3/h15-18H,4-14H2,1-3H3.